The standard InChI is InChI=1S/C19H21ClN2/c1-14-12-17(22-10-3-4-11-22)9-8-16(14)13-21-19-7-5-6-18(20)15(19)2/h5-9,12-13H,3-4,10-11H2,1-2H3. The number of anilines is 1. The maximum Gasteiger partial charge on any atom is 0.0673 e. The number of hydrogen-bond acceptors (Lipinski definition) is 2. The maximum absolute atomic E-state index is 6.14. The summed E-state index contributed by atoms with van der Waals surface area (Å²) in [5.41, 5.74) is 5.68. The molecular weight excluding hydrogens is 292 g/mol. The highest BCUT2D eigenvalue weighted by atomic mass is 35.5. The Morgan fingerprint density at radius 1 is 1.09 bits per heavy atom. The molecule has 3 rings (SSSR count). The fraction of sp³-hybridized carbons (Fsp3) is 0.316. The Kier molecular flexibility index (Phi) is 4.49. The lowest BCUT2D eigenvalue weighted by atomic mass is 10.1. The smallest absolute Gasteiger partial charge is 0.0673 e. The minimum atomic E-state index is 0.760. The molecule has 2 nitrogen and oxygen atoms in total. The van der Waals surface area contributed by atoms with Crippen LogP contribution in [0.25, 0.3) is 0 Å². The van der Waals surface area contributed by atoms with Gasteiger partial charge in [0.05, 0.1) is 5.69 Å². The highest BCUT2D eigenvalue weighted by Gasteiger charge is 2.12. The van der Waals surface area contributed by atoms with Crippen molar-refractivity contribution in [2.24, 2.45) is 4.99 Å². The van der Waals surface area contributed by atoms with Crippen LogP contribution in [-0.4, -0.2) is 19.3 Å². The normalized spacial score (nSPS) is 15.0. The van der Waals surface area contributed by atoms with Crippen LogP contribution < -0.4 is 4.90 Å². The summed E-state index contributed by atoms with van der Waals surface area (Å²) in [6, 6.07) is 12.4. The number of aliphatic imine (C=N–C) groups is 1. The first-order valence-corrected chi connectivity index (χ1v) is 8.18. The van der Waals surface area contributed by atoms with Gasteiger partial charge in [-0.05, 0) is 67.6 Å². The van der Waals surface area contributed by atoms with E-state index in [2.05, 4.69) is 35.0 Å². The van der Waals surface area contributed by atoms with E-state index in [1.807, 2.05) is 31.3 Å². The Hall–Kier alpha value is -1.80. The third kappa shape index (κ3) is 3.17. The summed E-state index contributed by atoms with van der Waals surface area (Å²) >= 11 is 6.14. The van der Waals surface area contributed by atoms with E-state index in [-0.39, 0.29) is 0 Å². The maximum atomic E-state index is 6.14. The quantitative estimate of drug-likeness (QED) is 0.701. The van der Waals surface area contributed by atoms with Crippen molar-refractivity contribution in [3.8, 4) is 0 Å². The van der Waals surface area contributed by atoms with Gasteiger partial charge < -0.3 is 4.90 Å². The third-order valence-electron chi connectivity index (χ3n) is 4.31. The highest BCUT2D eigenvalue weighted by molar-refractivity contribution is 6.31. The van der Waals surface area contributed by atoms with Crippen LogP contribution in [0.4, 0.5) is 11.4 Å². The van der Waals surface area contributed by atoms with Gasteiger partial charge in [0.25, 0.3) is 0 Å². The van der Waals surface area contributed by atoms with Gasteiger partial charge in [0.2, 0.25) is 0 Å². The molecule has 2 aromatic rings. The Labute approximate surface area is 137 Å². The lowest BCUT2D eigenvalue weighted by Gasteiger charge is -2.18. The van der Waals surface area contributed by atoms with E-state index in [9.17, 15) is 0 Å². The Balaban J connectivity index is 1.83. The van der Waals surface area contributed by atoms with E-state index in [4.69, 9.17) is 11.6 Å². The Morgan fingerprint density at radius 3 is 2.59 bits per heavy atom. The lowest BCUT2D eigenvalue weighted by Crippen LogP contribution is -2.17. The number of benzene rings is 2. The van der Waals surface area contributed by atoms with Crippen LogP contribution in [0.1, 0.15) is 29.5 Å². The zero-order chi connectivity index (χ0) is 15.5. The van der Waals surface area contributed by atoms with Crippen molar-refractivity contribution < 1.29 is 0 Å². The zero-order valence-corrected chi connectivity index (χ0v) is 13.9. The van der Waals surface area contributed by atoms with Crippen LogP contribution in [0.3, 0.4) is 0 Å². The fourth-order valence-electron chi connectivity index (χ4n) is 2.85. The molecule has 2 aromatic carbocycles. The van der Waals surface area contributed by atoms with E-state index in [0.29, 0.717) is 0 Å². The molecule has 0 unspecified atom stereocenters. The van der Waals surface area contributed by atoms with Crippen LogP contribution in [0.5, 0.6) is 0 Å². The summed E-state index contributed by atoms with van der Waals surface area (Å²) < 4.78 is 0. The summed E-state index contributed by atoms with van der Waals surface area (Å²) in [5, 5.41) is 0.760. The van der Waals surface area contributed by atoms with E-state index in [1.165, 1.54) is 37.2 Å². The molecule has 0 spiro atoms. The van der Waals surface area contributed by atoms with Gasteiger partial charge in [-0.25, -0.2) is 0 Å². The predicted molar refractivity (Wildman–Crippen MR) is 96.1 cm³/mol. The summed E-state index contributed by atoms with van der Waals surface area (Å²) in [6.07, 6.45) is 4.54. The van der Waals surface area contributed by atoms with Crippen LogP contribution >= 0.6 is 11.6 Å². The molecule has 0 atom stereocenters. The van der Waals surface area contributed by atoms with E-state index >= 15 is 0 Å². The molecule has 1 heterocycles. The van der Waals surface area contributed by atoms with Gasteiger partial charge >= 0.3 is 0 Å². The van der Waals surface area contributed by atoms with Crippen molar-refractivity contribution in [1.82, 2.24) is 0 Å². The van der Waals surface area contributed by atoms with Crippen molar-refractivity contribution in [3.05, 3.63) is 58.1 Å². The van der Waals surface area contributed by atoms with Gasteiger partial charge in [-0.1, -0.05) is 23.7 Å². The summed E-state index contributed by atoms with van der Waals surface area (Å²) in [6.45, 7) is 6.49. The molecular formula is C19H21ClN2. The van der Waals surface area contributed by atoms with Gasteiger partial charge in [-0.15, -0.1) is 0 Å². The van der Waals surface area contributed by atoms with Gasteiger partial charge in [-0.3, -0.25) is 4.99 Å². The van der Waals surface area contributed by atoms with Gasteiger partial charge in [0, 0.05) is 30.0 Å². The van der Waals surface area contributed by atoms with E-state index in [1.54, 1.807) is 0 Å². The molecule has 0 amide bonds. The molecule has 0 aromatic heterocycles. The minimum absolute atomic E-state index is 0.760. The van der Waals surface area contributed by atoms with E-state index < -0.39 is 0 Å². The molecule has 0 aliphatic carbocycles. The topological polar surface area (TPSA) is 15.6 Å². The second-order valence-electron chi connectivity index (χ2n) is 5.88. The molecule has 1 saturated heterocycles. The fourth-order valence-corrected chi connectivity index (χ4v) is 3.02. The van der Waals surface area contributed by atoms with Gasteiger partial charge in [-0.2, -0.15) is 0 Å². The molecule has 1 aliphatic rings. The molecule has 1 fully saturated rings. The molecule has 0 N–H and O–H groups in total. The molecule has 22 heavy (non-hydrogen) atoms. The monoisotopic (exact) mass is 312 g/mol. The molecule has 0 saturated carbocycles. The average molecular weight is 313 g/mol. The zero-order valence-electron chi connectivity index (χ0n) is 13.1. The molecule has 1 aliphatic heterocycles. The lowest BCUT2D eigenvalue weighted by molar-refractivity contribution is 0.949. The van der Waals surface area contributed by atoms with Crippen molar-refractivity contribution in [3.63, 3.8) is 0 Å². The predicted octanol–water partition coefficient (Wildman–Crippen LogP) is 5.31. The van der Waals surface area contributed by atoms with E-state index in [0.717, 1.165) is 21.8 Å². The SMILES string of the molecule is Cc1cc(N2CCCC2)ccc1C=Nc1cccc(Cl)c1C. The molecule has 0 radical (unpaired) electrons. The highest BCUT2D eigenvalue weighted by Crippen LogP contribution is 2.26. The number of nitrogens with zero attached hydrogens (tertiary/aromatic N) is 2. The van der Waals surface area contributed by atoms with Crippen LogP contribution in [-0.2, 0) is 0 Å². The molecule has 0 bridgehead atoms. The van der Waals surface area contributed by atoms with Crippen LogP contribution in [0.15, 0.2) is 41.4 Å². The minimum Gasteiger partial charge on any atom is -0.372 e. The van der Waals surface area contributed by atoms with Crippen molar-refractivity contribution in [1.29, 1.82) is 0 Å². The average Bonchev–Trinajstić information content (AvgIpc) is 3.04. The number of rotatable bonds is 3. The summed E-state index contributed by atoms with van der Waals surface area (Å²) in [5.74, 6) is 0. The third-order valence-corrected chi connectivity index (χ3v) is 4.72. The second kappa shape index (κ2) is 6.53. The Bertz CT molecular complexity index is 701. The van der Waals surface area contributed by atoms with Gasteiger partial charge in [0.1, 0.15) is 0 Å². The summed E-state index contributed by atoms with van der Waals surface area (Å²) in [4.78, 5) is 7.06. The number of hydrogen-bond donors (Lipinski definition) is 0. The van der Waals surface area contributed by atoms with Gasteiger partial charge in [0.15, 0.2) is 0 Å². The van der Waals surface area contributed by atoms with Crippen molar-refractivity contribution >= 4 is 29.2 Å². The van der Waals surface area contributed by atoms with Crippen molar-refractivity contribution in [2.45, 2.75) is 26.7 Å². The molecule has 114 valence electrons. The first-order valence-electron chi connectivity index (χ1n) is 7.80. The van der Waals surface area contributed by atoms with Crippen LogP contribution in [0, 0.1) is 13.8 Å². The number of halogens is 1. The Morgan fingerprint density at radius 2 is 1.86 bits per heavy atom. The molecule has 3 heteroatoms. The van der Waals surface area contributed by atoms with Crippen LogP contribution in [0.2, 0.25) is 5.02 Å². The second-order valence-corrected chi connectivity index (χ2v) is 6.28. The summed E-state index contributed by atoms with van der Waals surface area (Å²) in [7, 11) is 0. The first kappa shape index (κ1) is 15.1. The number of aryl methyl sites for hydroxylation is 1. The largest absolute Gasteiger partial charge is 0.372 e. The first-order chi connectivity index (χ1) is 10.6. The van der Waals surface area contributed by atoms with Crippen molar-refractivity contribution in [2.75, 3.05) is 18.0 Å².